The Balaban J connectivity index is 2.41. The molecular formula is C12H20N4O5. The molecular weight excluding hydrogens is 280 g/mol. The van der Waals surface area contributed by atoms with Crippen LogP contribution in [0.2, 0.25) is 0 Å². The lowest BCUT2D eigenvalue weighted by Crippen LogP contribution is -2.49. The summed E-state index contributed by atoms with van der Waals surface area (Å²) in [6.07, 6.45) is 1.63. The molecule has 118 valence electrons. The molecule has 0 radical (unpaired) electrons. The van der Waals surface area contributed by atoms with Crippen molar-refractivity contribution < 1.29 is 24.3 Å². The standard InChI is InChI=1S/C12H20N4O5/c1-16(6-10(18)14-7-2-3-7)12(21)15-8(11(19)20)4-5-9(13)17/h7-8H,2-6H2,1H3,(H2,13,17)(H,14,18)(H,15,21)(H,19,20). The average molecular weight is 300 g/mol. The van der Waals surface area contributed by atoms with Crippen molar-refractivity contribution in [2.75, 3.05) is 13.6 Å². The smallest absolute Gasteiger partial charge is 0.326 e. The summed E-state index contributed by atoms with van der Waals surface area (Å²) >= 11 is 0. The van der Waals surface area contributed by atoms with Crippen LogP contribution in [0.15, 0.2) is 0 Å². The van der Waals surface area contributed by atoms with Gasteiger partial charge in [-0.05, 0) is 19.3 Å². The summed E-state index contributed by atoms with van der Waals surface area (Å²) in [6.45, 7) is -0.162. The second-order valence-electron chi connectivity index (χ2n) is 5.04. The normalized spacial score (nSPS) is 14.9. The molecule has 1 unspecified atom stereocenters. The summed E-state index contributed by atoms with van der Waals surface area (Å²) in [4.78, 5) is 46.0. The number of carbonyl (C=O) groups excluding carboxylic acids is 3. The van der Waals surface area contributed by atoms with Gasteiger partial charge in [-0.25, -0.2) is 9.59 Å². The Kier molecular flexibility index (Phi) is 5.94. The Labute approximate surface area is 121 Å². The molecule has 0 saturated heterocycles. The molecule has 0 aromatic heterocycles. The first-order valence-corrected chi connectivity index (χ1v) is 6.61. The predicted molar refractivity (Wildman–Crippen MR) is 72.2 cm³/mol. The van der Waals surface area contributed by atoms with Gasteiger partial charge in [-0.15, -0.1) is 0 Å². The second kappa shape index (κ2) is 7.46. The second-order valence-corrected chi connectivity index (χ2v) is 5.04. The van der Waals surface area contributed by atoms with Crippen LogP contribution in [-0.4, -0.2) is 59.5 Å². The zero-order valence-electron chi connectivity index (χ0n) is 11.8. The number of urea groups is 1. The van der Waals surface area contributed by atoms with E-state index in [2.05, 4.69) is 10.6 Å². The fourth-order valence-electron chi connectivity index (χ4n) is 1.59. The van der Waals surface area contributed by atoms with Crippen LogP contribution < -0.4 is 16.4 Å². The molecule has 0 bridgehead atoms. The van der Waals surface area contributed by atoms with Crippen LogP contribution >= 0.6 is 0 Å². The Bertz CT molecular complexity index is 435. The molecule has 0 aromatic rings. The summed E-state index contributed by atoms with van der Waals surface area (Å²) in [5.41, 5.74) is 4.94. The van der Waals surface area contributed by atoms with Crippen LogP contribution in [0.5, 0.6) is 0 Å². The van der Waals surface area contributed by atoms with Gasteiger partial charge < -0.3 is 26.4 Å². The maximum absolute atomic E-state index is 11.8. The van der Waals surface area contributed by atoms with E-state index in [1.54, 1.807) is 0 Å². The molecule has 0 spiro atoms. The average Bonchev–Trinajstić information content (AvgIpc) is 3.16. The Morgan fingerprint density at radius 2 is 1.95 bits per heavy atom. The summed E-state index contributed by atoms with van der Waals surface area (Å²) in [5, 5.41) is 13.9. The van der Waals surface area contributed by atoms with Gasteiger partial charge in [0.05, 0.1) is 0 Å². The minimum absolute atomic E-state index is 0.0987. The van der Waals surface area contributed by atoms with Crippen molar-refractivity contribution in [1.29, 1.82) is 0 Å². The van der Waals surface area contributed by atoms with Gasteiger partial charge in [0, 0.05) is 19.5 Å². The highest BCUT2D eigenvalue weighted by Crippen LogP contribution is 2.18. The number of carboxylic acid groups (broad SMARTS) is 1. The van der Waals surface area contributed by atoms with Gasteiger partial charge in [0.2, 0.25) is 11.8 Å². The number of hydrogen-bond donors (Lipinski definition) is 4. The van der Waals surface area contributed by atoms with E-state index in [4.69, 9.17) is 10.8 Å². The SMILES string of the molecule is CN(CC(=O)NC1CC1)C(=O)NC(CCC(N)=O)C(=O)O. The van der Waals surface area contributed by atoms with E-state index in [0.29, 0.717) is 0 Å². The van der Waals surface area contributed by atoms with E-state index in [9.17, 15) is 19.2 Å². The van der Waals surface area contributed by atoms with E-state index in [1.807, 2.05) is 0 Å². The van der Waals surface area contributed by atoms with Crippen LogP contribution in [0.25, 0.3) is 0 Å². The third-order valence-electron chi connectivity index (χ3n) is 2.95. The molecule has 1 fully saturated rings. The lowest BCUT2D eigenvalue weighted by Gasteiger charge is -2.20. The van der Waals surface area contributed by atoms with Crippen molar-refractivity contribution in [3.63, 3.8) is 0 Å². The third-order valence-corrected chi connectivity index (χ3v) is 2.95. The molecule has 1 saturated carbocycles. The molecule has 9 heteroatoms. The summed E-state index contributed by atoms with van der Waals surface area (Å²) < 4.78 is 0. The van der Waals surface area contributed by atoms with E-state index in [0.717, 1.165) is 17.7 Å². The molecule has 9 nitrogen and oxygen atoms in total. The number of hydrogen-bond acceptors (Lipinski definition) is 4. The van der Waals surface area contributed by atoms with Gasteiger partial charge in [-0.3, -0.25) is 9.59 Å². The number of carboxylic acids is 1. The number of nitrogens with one attached hydrogen (secondary N) is 2. The van der Waals surface area contributed by atoms with Crippen LogP contribution in [0.1, 0.15) is 25.7 Å². The van der Waals surface area contributed by atoms with Gasteiger partial charge in [-0.2, -0.15) is 0 Å². The van der Waals surface area contributed by atoms with Crippen molar-refractivity contribution in [2.24, 2.45) is 5.73 Å². The van der Waals surface area contributed by atoms with E-state index in [1.165, 1.54) is 7.05 Å². The van der Waals surface area contributed by atoms with Gasteiger partial charge in [0.25, 0.3) is 0 Å². The highest BCUT2D eigenvalue weighted by atomic mass is 16.4. The maximum atomic E-state index is 11.8. The monoisotopic (exact) mass is 300 g/mol. The first-order valence-electron chi connectivity index (χ1n) is 6.61. The fourth-order valence-corrected chi connectivity index (χ4v) is 1.59. The maximum Gasteiger partial charge on any atom is 0.326 e. The number of primary amides is 1. The highest BCUT2D eigenvalue weighted by molar-refractivity contribution is 5.87. The van der Waals surface area contributed by atoms with Gasteiger partial charge in [-0.1, -0.05) is 0 Å². The molecule has 1 aliphatic rings. The van der Waals surface area contributed by atoms with Crippen molar-refractivity contribution in [3.8, 4) is 0 Å². The quantitative estimate of drug-likeness (QED) is 0.437. The number of nitrogens with zero attached hydrogens (tertiary/aromatic N) is 1. The first kappa shape index (κ1) is 16.7. The highest BCUT2D eigenvalue weighted by Gasteiger charge is 2.26. The van der Waals surface area contributed by atoms with Crippen molar-refractivity contribution in [2.45, 2.75) is 37.8 Å². The molecule has 5 N–H and O–H groups in total. The zero-order valence-corrected chi connectivity index (χ0v) is 11.8. The number of aliphatic carboxylic acids is 1. The Hall–Kier alpha value is -2.32. The van der Waals surface area contributed by atoms with Crippen LogP contribution in [0, 0.1) is 0 Å². The predicted octanol–water partition coefficient (Wildman–Crippen LogP) is -1.37. The first-order chi connectivity index (χ1) is 9.79. The minimum Gasteiger partial charge on any atom is -0.480 e. The number of rotatable bonds is 8. The van der Waals surface area contributed by atoms with Gasteiger partial charge in [0.15, 0.2) is 0 Å². The Morgan fingerprint density at radius 3 is 2.43 bits per heavy atom. The minimum atomic E-state index is -1.26. The molecule has 1 atom stereocenters. The van der Waals surface area contributed by atoms with Crippen molar-refractivity contribution in [1.82, 2.24) is 15.5 Å². The number of likely N-dealkylation sites (N-methyl/N-ethyl adjacent to an activating group) is 1. The topological polar surface area (TPSA) is 142 Å². The van der Waals surface area contributed by atoms with Crippen LogP contribution in [0.3, 0.4) is 0 Å². The largest absolute Gasteiger partial charge is 0.480 e. The van der Waals surface area contributed by atoms with Gasteiger partial charge in [0.1, 0.15) is 12.6 Å². The molecule has 4 amide bonds. The molecule has 1 rings (SSSR count). The van der Waals surface area contributed by atoms with E-state index >= 15 is 0 Å². The number of carbonyl (C=O) groups is 4. The van der Waals surface area contributed by atoms with E-state index < -0.39 is 23.9 Å². The molecule has 1 aliphatic carbocycles. The third kappa shape index (κ3) is 6.59. The summed E-state index contributed by atoms with van der Waals surface area (Å²) in [5.74, 6) is -2.20. The number of nitrogens with two attached hydrogens (primary N) is 1. The molecule has 0 heterocycles. The zero-order chi connectivity index (χ0) is 16.0. The van der Waals surface area contributed by atoms with E-state index in [-0.39, 0.29) is 31.3 Å². The lowest BCUT2D eigenvalue weighted by molar-refractivity contribution is -0.139. The summed E-state index contributed by atoms with van der Waals surface area (Å²) in [6, 6.07) is -1.73. The summed E-state index contributed by atoms with van der Waals surface area (Å²) in [7, 11) is 1.38. The van der Waals surface area contributed by atoms with Crippen LogP contribution in [0.4, 0.5) is 4.79 Å². The lowest BCUT2D eigenvalue weighted by atomic mass is 10.1. The van der Waals surface area contributed by atoms with Crippen LogP contribution in [-0.2, 0) is 14.4 Å². The molecule has 0 aromatic carbocycles. The number of amides is 4. The fraction of sp³-hybridized carbons (Fsp3) is 0.667. The molecule has 0 aliphatic heterocycles. The Morgan fingerprint density at radius 1 is 1.33 bits per heavy atom. The van der Waals surface area contributed by atoms with Gasteiger partial charge >= 0.3 is 12.0 Å². The van der Waals surface area contributed by atoms with Crippen molar-refractivity contribution in [3.05, 3.63) is 0 Å². The molecule has 21 heavy (non-hydrogen) atoms. The van der Waals surface area contributed by atoms with Crippen molar-refractivity contribution >= 4 is 23.8 Å².